The van der Waals surface area contributed by atoms with Crippen molar-refractivity contribution in [3.63, 3.8) is 0 Å². The minimum absolute atomic E-state index is 0.108. The summed E-state index contributed by atoms with van der Waals surface area (Å²) in [6.07, 6.45) is 2.71. The summed E-state index contributed by atoms with van der Waals surface area (Å²) in [5, 5.41) is 0.684. The highest BCUT2D eigenvalue weighted by Gasteiger charge is 2.07. The number of hydrogen-bond acceptors (Lipinski definition) is 4. The summed E-state index contributed by atoms with van der Waals surface area (Å²) >= 11 is 1.51. The van der Waals surface area contributed by atoms with Crippen molar-refractivity contribution < 1.29 is 4.74 Å². The van der Waals surface area contributed by atoms with Crippen LogP contribution in [-0.4, -0.2) is 12.1 Å². The molecule has 0 bridgehead atoms. The first-order chi connectivity index (χ1) is 5.27. The fourth-order valence-corrected chi connectivity index (χ4v) is 1.55. The predicted molar refractivity (Wildman–Crippen MR) is 45.9 cm³/mol. The van der Waals surface area contributed by atoms with Gasteiger partial charge >= 0.3 is 0 Å². The summed E-state index contributed by atoms with van der Waals surface area (Å²) in [6, 6.07) is 0.108. The van der Waals surface area contributed by atoms with Crippen molar-refractivity contribution in [2.45, 2.75) is 19.4 Å². The van der Waals surface area contributed by atoms with Gasteiger partial charge in [0, 0.05) is 17.1 Å². The minimum Gasteiger partial charge on any atom is -0.473 e. The Kier molecular flexibility index (Phi) is 2.84. The molecule has 1 unspecified atom stereocenters. The maximum absolute atomic E-state index is 5.78. The predicted octanol–water partition coefficient (Wildman–Crippen LogP) is 1.56. The molecule has 11 heavy (non-hydrogen) atoms. The number of thiazole rings is 1. The molecule has 0 aliphatic carbocycles. The summed E-state index contributed by atoms with van der Waals surface area (Å²) in [5.41, 5.74) is 5.78. The van der Waals surface area contributed by atoms with Crippen molar-refractivity contribution in [3.8, 4) is 5.19 Å². The van der Waals surface area contributed by atoms with E-state index in [4.69, 9.17) is 10.5 Å². The molecule has 1 atom stereocenters. The highest BCUT2D eigenvalue weighted by molar-refractivity contribution is 7.13. The topological polar surface area (TPSA) is 48.1 Å². The van der Waals surface area contributed by atoms with Gasteiger partial charge in [-0.05, 0) is 6.42 Å². The van der Waals surface area contributed by atoms with Crippen LogP contribution >= 0.6 is 11.3 Å². The number of hydrogen-bond donors (Lipinski definition) is 1. The van der Waals surface area contributed by atoms with E-state index in [0.29, 0.717) is 5.19 Å². The lowest BCUT2D eigenvalue weighted by Crippen LogP contribution is -2.05. The van der Waals surface area contributed by atoms with E-state index in [9.17, 15) is 0 Å². The van der Waals surface area contributed by atoms with E-state index in [1.165, 1.54) is 11.3 Å². The highest BCUT2D eigenvalue weighted by atomic mass is 32.1. The molecule has 0 aliphatic rings. The lowest BCUT2D eigenvalue weighted by atomic mass is 10.2. The second-order valence-electron chi connectivity index (χ2n) is 2.25. The van der Waals surface area contributed by atoms with E-state index in [0.717, 1.165) is 11.3 Å². The molecular formula is C7H12N2OS. The van der Waals surface area contributed by atoms with Crippen molar-refractivity contribution >= 4 is 11.3 Å². The lowest BCUT2D eigenvalue weighted by Gasteiger charge is -2.02. The Morgan fingerprint density at radius 2 is 2.55 bits per heavy atom. The molecule has 3 nitrogen and oxygen atoms in total. The fourth-order valence-electron chi connectivity index (χ4n) is 0.737. The van der Waals surface area contributed by atoms with Crippen LogP contribution in [0.1, 0.15) is 24.3 Å². The SMILES string of the molecule is CCC(N)c1cnc(OC)s1. The van der Waals surface area contributed by atoms with Crippen molar-refractivity contribution in [1.29, 1.82) is 0 Å². The molecule has 1 aromatic heterocycles. The quantitative estimate of drug-likeness (QED) is 0.752. The molecule has 0 radical (unpaired) electrons. The molecular weight excluding hydrogens is 160 g/mol. The third-order valence-electron chi connectivity index (χ3n) is 1.48. The zero-order valence-corrected chi connectivity index (χ0v) is 7.52. The zero-order valence-electron chi connectivity index (χ0n) is 6.70. The average Bonchev–Trinajstić information content (AvgIpc) is 2.50. The van der Waals surface area contributed by atoms with Crippen LogP contribution in [0.15, 0.2) is 6.20 Å². The number of aromatic nitrogens is 1. The largest absolute Gasteiger partial charge is 0.473 e. The van der Waals surface area contributed by atoms with Gasteiger partial charge in [0.05, 0.1) is 7.11 Å². The first kappa shape index (κ1) is 8.49. The third-order valence-corrected chi connectivity index (χ3v) is 2.57. The van der Waals surface area contributed by atoms with Gasteiger partial charge in [0.2, 0.25) is 0 Å². The van der Waals surface area contributed by atoms with Gasteiger partial charge in [-0.2, -0.15) is 0 Å². The number of nitrogens with zero attached hydrogens (tertiary/aromatic N) is 1. The van der Waals surface area contributed by atoms with Crippen molar-refractivity contribution in [1.82, 2.24) is 4.98 Å². The first-order valence-corrected chi connectivity index (χ1v) is 4.34. The standard InChI is InChI=1S/C7H12N2OS/c1-3-5(8)6-4-9-7(10-2)11-6/h4-5H,3,8H2,1-2H3. The number of rotatable bonds is 3. The molecule has 0 aromatic carbocycles. The number of methoxy groups -OCH3 is 1. The Morgan fingerprint density at radius 3 is 3.00 bits per heavy atom. The van der Waals surface area contributed by atoms with Crippen LogP contribution < -0.4 is 10.5 Å². The molecule has 2 N–H and O–H groups in total. The number of nitrogens with two attached hydrogens (primary N) is 1. The molecule has 1 rings (SSSR count). The summed E-state index contributed by atoms with van der Waals surface area (Å²) in [5.74, 6) is 0. The Bertz CT molecular complexity index is 224. The molecule has 0 aliphatic heterocycles. The molecule has 0 fully saturated rings. The van der Waals surface area contributed by atoms with Crippen LogP contribution in [0, 0.1) is 0 Å². The fraction of sp³-hybridized carbons (Fsp3) is 0.571. The maximum Gasteiger partial charge on any atom is 0.273 e. The first-order valence-electron chi connectivity index (χ1n) is 3.53. The van der Waals surface area contributed by atoms with E-state index in [1.54, 1.807) is 13.3 Å². The highest BCUT2D eigenvalue weighted by Crippen LogP contribution is 2.25. The molecule has 1 heterocycles. The molecule has 4 heteroatoms. The van der Waals surface area contributed by atoms with Crippen LogP contribution in [0.5, 0.6) is 5.19 Å². The van der Waals surface area contributed by atoms with Gasteiger partial charge < -0.3 is 10.5 Å². The van der Waals surface area contributed by atoms with Crippen molar-refractivity contribution in [2.24, 2.45) is 5.73 Å². The molecule has 62 valence electrons. The molecule has 1 aromatic rings. The second-order valence-corrected chi connectivity index (χ2v) is 3.27. The van der Waals surface area contributed by atoms with E-state index in [2.05, 4.69) is 11.9 Å². The zero-order chi connectivity index (χ0) is 8.27. The molecule has 0 saturated heterocycles. The minimum atomic E-state index is 0.108. The monoisotopic (exact) mass is 172 g/mol. The smallest absolute Gasteiger partial charge is 0.273 e. The van der Waals surface area contributed by atoms with Gasteiger partial charge in [-0.25, -0.2) is 4.98 Å². The third kappa shape index (κ3) is 1.91. The lowest BCUT2D eigenvalue weighted by molar-refractivity contribution is 0.412. The van der Waals surface area contributed by atoms with E-state index < -0.39 is 0 Å². The molecule has 0 saturated carbocycles. The Morgan fingerprint density at radius 1 is 1.82 bits per heavy atom. The summed E-state index contributed by atoms with van der Waals surface area (Å²) in [7, 11) is 1.61. The van der Waals surface area contributed by atoms with Gasteiger partial charge in [0.15, 0.2) is 0 Å². The van der Waals surface area contributed by atoms with Crippen molar-refractivity contribution in [3.05, 3.63) is 11.1 Å². The van der Waals surface area contributed by atoms with Gasteiger partial charge in [-0.1, -0.05) is 18.3 Å². The Balaban J connectivity index is 2.71. The summed E-state index contributed by atoms with van der Waals surface area (Å²) in [4.78, 5) is 5.11. The van der Waals surface area contributed by atoms with Gasteiger partial charge in [0.1, 0.15) is 0 Å². The Labute approximate surface area is 70.2 Å². The van der Waals surface area contributed by atoms with Crippen molar-refractivity contribution in [2.75, 3.05) is 7.11 Å². The normalized spacial score (nSPS) is 13.0. The molecule has 0 amide bonds. The molecule has 0 spiro atoms. The van der Waals surface area contributed by atoms with Crippen LogP contribution in [0.4, 0.5) is 0 Å². The Hall–Kier alpha value is -0.610. The van der Waals surface area contributed by atoms with E-state index in [1.807, 2.05) is 0 Å². The van der Waals surface area contributed by atoms with Crippen LogP contribution in [0.3, 0.4) is 0 Å². The summed E-state index contributed by atoms with van der Waals surface area (Å²) < 4.78 is 4.94. The van der Waals surface area contributed by atoms with E-state index in [-0.39, 0.29) is 6.04 Å². The van der Waals surface area contributed by atoms with Crippen LogP contribution in [0.25, 0.3) is 0 Å². The average molecular weight is 172 g/mol. The second kappa shape index (κ2) is 3.69. The maximum atomic E-state index is 5.78. The van der Waals surface area contributed by atoms with Gasteiger partial charge in [0.25, 0.3) is 5.19 Å². The van der Waals surface area contributed by atoms with Gasteiger partial charge in [-0.3, -0.25) is 0 Å². The summed E-state index contributed by atoms with van der Waals surface area (Å²) in [6.45, 7) is 2.05. The van der Waals surface area contributed by atoms with E-state index >= 15 is 0 Å². The van der Waals surface area contributed by atoms with Gasteiger partial charge in [-0.15, -0.1) is 0 Å². The number of ether oxygens (including phenoxy) is 1. The van der Waals surface area contributed by atoms with Crippen LogP contribution in [0.2, 0.25) is 0 Å². The van der Waals surface area contributed by atoms with Crippen LogP contribution in [-0.2, 0) is 0 Å².